The van der Waals surface area contributed by atoms with Gasteiger partial charge in [-0.3, -0.25) is 9.59 Å². The fourth-order valence-corrected chi connectivity index (χ4v) is 7.99. The molecule has 2 aromatic carbocycles. The van der Waals surface area contributed by atoms with Crippen LogP contribution in [0, 0.1) is 11.7 Å². The summed E-state index contributed by atoms with van der Waals surface area (Å²) in [6, 6.07) is 12.1. The van der Waals surface area contributed by atoms with E-state index in [4.69, 9.17) is 4.98 Å². The Morgan fingerprint density at radius 1 is 1.11 bits per heavy atom. The van der Waals surface area contributed by atoms with Gasteiger partial charge in [0.05, 0.1) is 37.2 Å². The van der Waals surface area contributed by atoms with Crippen molar-refractivity contribution < 1.29 is 14.0 Å². The maximum Gasteiger partial charge on any atom is 0.274 e. The van der Waals surface area contributed by atoms with E-state index in [-0.39, 0.29) is 29.7 Å². The van der Waals surface area contributed by atoms with Crippen LogP contribution in [0.2, 0.25) is 0 Å². The topological polar surface area (TPSA) is 75.2 Å². The molecule has 2 bridgehead atoms. The second-order valence-electron chi connectivity index (χ2n) is 10.2. The maximum absolute atomic E-state index is 14.1. The van der Waals surface area contributed by atoms with Crippen LogP contribution >= 0.6 is 22.7 Å². The molecule has 1 saturated heterocycles. The quantitative estimate of drug-likeness (QED) is 0.338. The summed E-state index contributed by atoms with van der Waals surface area (Å²) in [5.41, 5.74) is 4.30. The lowest BCUT2D eigenvalue weighted by Crippen LogP contribution is -2.50. The van der Waals surface area contributed by atoms with Crippen molar-refractivity contribution in [1.29, 1.82) is 0 Å². The number of fused-ring (bicyclic) bond motifs is 3. The minimum absolute atomic E-state index is 0.0812. The molecule has 37 heavy (non-hydrogen) atoms. The van der Waals surface area contributed by atoms with E-state index < -0.39 is 0 Å². The number of halogens is 1. The molecule has 2 aromatic heterocycles. The largest absolute Gasteiger partial charge is 0.350 e. The first kappa shape index (κ1) is 23.0. The van der Waals surface area contributed by atoms with Gasteiger partial charge >= 0.3 is 0 Å². The Kier molecular flexibility index (Phi) is 5.58. The fraction of sp³-hybridized carbons (Fsp3) is 0.357. The van der Waals surface area contributed by atoms with Crippen LogP contribution in [0.1, 0.15) is 63.9 Å². The molecule has 2 saturated carbocycles. The third-order valence-corrected chi connectivity index (χ3v) is 10.1. The first-order valence-electron chi connectivity index (χ1n) is 12.8. The number of hydrogen-bond donors (Lipinski definition) is 1. The van der Waals surface area contributed by atoms with Crippen molar-refractivity contribution in [3.63, 3.8) is 0 Å². The van der Waals surface area contributed by atoms with Crippen LogP contribution < -0.4 is 5.32 Å². The summed E-state index contributed by atoms with van der Waals surface area (Å²) >= 11 is 2.97. The molecular weight excluding hydrogens is 507 g/mol. The Labute approximate surface area is 221 Å². The van der Waals surface area contributed by atoms with E-state index in [0.717, 1.165) is 52.2 Å². The summed E-state index contributed by atoms with van der Waals surface area (Å²) < 4.78 is 15.0. The van der Waals surface area contributed by atoms with E-state index in [9.17, 15) is 14.0 Å². The summed E-state index contributed by atoms with van der Waals surface area (Å²) in [6.45, 7) is 0.399. The van der Waals surface area contributed by atoms with Gasteiger partial charge in [-0.25, -0.2) is 14.4 Å². The van der Waals surface area contributed by atoms with Crippen LogP contribution in [0.5, 0.6) is 0 Å². The number of nitrogens with zero attached hydrogens (tertiary/aromatic N) is 3. The van der Waals surface area contributed by atoms with Crippen LogP contribution in [-0.4, -0.2) is 45.3 Å². The first-order chi connectivity index (χ1) is 18.1. The lowest BCUT2D eigenvalue weighted by atomic mass is 9.98. The zero-order valence-corrected chi connectivity index (χ0v) is 21.7. The number of aromatic nitrogens is 2. The SMILES string of the molecule is O=C(NC[C@H]1[C@H]2CC[C@H](C2)N1C(=O)c1nc(C2CC2)sc1-c1cccc(F)c1)c1cccc2ncsc12. The number of carbonyl (C=O) groups excluding carboxylic acids is 2. The highest BCUT2D eigenvalue weighted by Gasteiger charge is 2.49. The van der Waals surface area contributed by atoms with Crippen LogP contribution in [-0.2, 0) is 0 Å². The summed E-state index contributed by atoms with van der Waals surface area (Å²) in [5, 5.41) is 4.08. The van der Waals surface area contributed by atoms with Gasteiger partial charge < -0.3 is 10.2 Å². The van der Waals surface area contributed by atoms with E-state index in [1.54, 1.807) is 11.6 Å². The average molecular weight is 533 g/mol. The second kappa shape index (κ2) is 8.99. The molecule has 1 N–H and O–H groups in total. The molecule has 1 aliphatic heterocycles. The summed E-state index contributed by atoms with van der Waals surface area (Å²) in [6.07, 6.45) is 5.14. The number of hydrogen-bond acceptors (Lipinski definition) is 6. The van der Waals surface area contributed by atoms with Crippen molar-refractivity contribution in [3.05, 3.63) is 70.1 Å². The Balaban J connectivity index is 1.17. The number of piperidine rings is 1. The van der Waals surface area contributed by atoms with Crippen molar-refractivity contribution in [3.8, 4) is 10.4 Å². The van der Waals surface area contributed by atoms with Crippen molar-refractivity contribution in [2.45, 2.75) is 50.1 Å². The van der Waals surface area contributed by atoms with Gasteiger partial charge in [0.2, 0.25) is 0 Å². The highest BCUT2D eigenvalue weighted by Crippen LogP contribution is 2.47. The van der Waals surface area contributed by atoms with Crippen LogP contribution in [0.15, 0.2) is 48.0 Å². The van der Waals surface area contributed by atoms with Gasteiger partial charge in [-0.15, -0.1) is 22.7 Å². The highest BCUT2D eigenvalue weighted by molar-refractivity contribution is 7.17. The number of benzene rings is 2. The van der Waals surface area contributed by atoms with Gasteiger partial charge in [0.1, 0.15) is 11.5 Å². The van der Waals surface area contributed by atoms with E-state index in [1.807, 2.05) is 29.2 Å². The van der Waals surface area contributed by atoms with Crippen LogP contribution in [0.3, 0.4) is 0 Å². The van der Waals surface area contributed by atoms with Gasteiger partial charge in [0.25, 0.3) is 11.8 Å². The molecule has 2 aliphatic carbocycles. The number of thiazole rings is 2. The van der Waals surface area contributed by atoms with E-state index in [2.05, 4.69) is 10.3 Å². The monoisotopic (exact) mass is 532 g/mol. The molecule has 3 heterocycles. The van der Waals surface area contributed by atoms with E-state index in [0.29, 0.717) is 35.2 Å². The van der Waals surface area contributed by atoms with Crippen LogP contribution in [0.4, 0.5) is 4.39 Å². The second-order valence-corrected chi connectivity index (χ2v) is 12.1. The highest BCUT2D eigenvalue weighted by atomic mass is 32.1. The molecular formula is C28H25FN4O2S2. The molecule has 7 rings (SSSR count). The van der Waals surface area contributed by atoms with Crippen molar-refractivity contribution >= 4 is 44.7 Å². The Hall–Kier alpha value is -3.17. The minimum atomic E-state index is -0.325. The zero-order chi connectivity index (χ0) is 25.1. The maximum atomic E-state index is 14.1. The number of likely N-dealkylation sites (tertiary alicyclic amines) is 1. The van der Waals surface area contributed by atoms with Gasteiger partial charge in [-0.2, -0.15) is 0 Å². The molecule has 3 atom stereocenters. The molecule has 0 spiro atoms. The molecule has 3 fully saturated rings. The van der Waals surface area contributed by atoms with Gasteiger partial charge in [-0.05, 0) is 67.9 Å². The van der Waals surface area contributed by atoms with E-state index in [1.165, 1.54) is 34.8 Å². The zero-order valence-electron chi connectivity index (χ0n) is 20.0. The van der Waals surface area contributed by atoms with Crippen molar-refractivity contribution in [1.82, 2.24) is 20.2 Å². The predicted molar refractivity (Wildman–Crippen MR) is 143 cm³/mol. The fourth-order valence-electron chi connectivity index (χ4n) is 5.96. The number of rotatable bonds is 6. The third kappa shape index (κ3) is 4.05. The molecule has 2 amide bonds. The van der Waals surface area contributed by atoms with E-state index >= 15 is 0 Å². The Morgan fingerprint density at radius 2 is 1.97 bits per heavy atom. The molecule has 3 aliphatic rings. The number of amides is 2. The molecule has 0 unspecified atom stereocenters. The number of carbonyl (C=O) groups is 2. The summed E-state index contributed by atoms with van der Waals surface area (Å²) in [5.74, 6) is 0.189. The Bertz CT molecular complexity index is 1530. The van der Waals surface area contributed by atoms with Gasteiger partial charge in [0, 0.05) is 18.5 Å². The summed E-state index contributed by atoms with van der Waals surface area (Å²) in [7, 11) is 0. The van der Waals surface area contributed by atoms with Gasteiger partial charge in [-0.1, -0.05) is 18.2 Å². The van der Waals surface area contributed by atoms with Gasteiger partial charge in [0.15, 0.2) is 0 Å². The minimum Gasteiger partial charge on any atom is -0.350 e. The van der Waals surface area contributed by atoms with Crippen LogP contribution in [0.25, 0.3) is 20.7 Å². The molecule has 6 nitrogen and oxygen atoms in total. The third-order valence-electron chi connectivity index (χ3n) is 7.91. The lowest BCUT2D eigenvalue weighted by molar-refractivity contribution is 0.0577. The molecule has 4 aromatic rings. The number of nitrogens with one attached hydrogen (secondary N) is 1. The summed E-state index contributed by atoms with van der Waals surface area (Å²) in [4.78, 5) is 39.1. The smallest absolute Gasteiger partial charge is 0.274 e. The Morgan fingerprint density at radius 3 is 2.81 bits per heavy atom. The average Bonchev–Trinajstić information content (AvgIpc) is 3.28. The van der Waals surface area contributed by atoms with Crippen molar-refractivity contribution in [2.75, 3.05) is 6.54 Å². The standard InChI is InChI=1S/C28H25FN4O2S2/c29-18-4-1-3-17(11-18)24-23(32-27(37-24)15-7-8-15)28(35)33-19-10-9-16(12-19)22(33)13-30-26(34)20-5-2-6-21-25(20)36-14-31-21/h1-6,11,14-16,19,22H,7-10,12-13H2,(H,30,34)/t16-,19+,22-/m0/s1. The molecule has 188 valence electrons. The lowest BCUT2D eigenvalue weighted by Gasteiger charge is -2.35. The van der Waals surface area contributed by atoms with Crippen molar-refractivity contribution in [2.24, 2.45) is 5.92 Å². The predicted octanol–water partition coefficient (Wildman–Crippen LogP) is 5.86. The molecule has 9 heteroatoms. The first-order valence-corrected chi connectivity index (χ1v) is 14.5. The normalized spacial score (nSPS) is 22.6. The molecule has 0 radical (unpaired) electrons.